The summed E-state index contributed by atoms with van der Waals surface area (Å²) in [4.78, 5) is 12.2. The van der Waals surface area contributed by atoms with Crippen molar-refractivity contribution in [3.63, 3.8) is 0 Å². The number of carbonyl (C=O) groups is 1. The zero-order valence-electron chi connectivity index (χ0n) is 13.7. The van der Waals surface area contributed by atoms with Gasteiger partial charge in [-0.05, 0) is 47.7 Å². The lowest BCUT2D eigenvalue weighted by atomic mass is 10.1. The smallest absolute Gasteiger partial charge is 0.256 e. The third-order valence-electron chi connectivity index (χ3n) is 3.82. The van der Waals surface area contributed by atoms with Crippen molar-refractivity contribution in [2.24, 2.45) is 0 Å². The third-order valence-corrected chi connectivity index (χ3v) is 4.84. The largest absolute Gasteiger partial charge is 0.321 e. The molecule has 25 heavy (non-hydrogen) atoms. The van der Waals surface area contributed by atoms with Gasteiger partial charge in [0.1, 0.15) is 0 Å². The Morgan fingerprint density at radius 3 is 2.64 bits per heavy atom. The average molecular weight is 371 g/mol. The van der Waals surface area contributed by atoms with Gasteiger partial charge in [-0.15, -0.1) is 0 Å². The van der Waals surface area contributed by atoms with Gasteiger partial charge in [-0.3, -0.25) is 4.79 Å². The Labute approximate surface area is 156 Å². The van der Waals surface area contributed by atoms with Crippen LogP contribution in [-0.2, 0) is 13.0 Å². The van der Waals surface area contributed by atoms with Crippen LogP contribution in [0, 0.1) is 0 Å². The van der Waals surface area contributed by atoms with E-state index in [2.05, 4.69) is 34.9 Å². The molecule has 0 aliphatic rings. The normalized spacial score (nSPS) is 10.6. The number of hydrogen-bond acceptors (Lipinski definition) is 3. The van der Waals surface area contributed by atoms with Crippen LogP contribution in [0.4, 0.5) is 5.69 Å². The van der Waals surface area contributed by atoms with E-state index in [4.69, 9.17) is 11.6 Å². The van der Waals surface area contributed by atoms with E-state index in [1.54, 1.807) is 6.07 Å². The molecule has 0 bridgehead atoms. The first-order valence-electron chi connectivity index (χ1n) is 8.09. The Morgan fingerprint density at radius 1 is 1.04 bits per heavy atom. The highest BCUT2D eigenvalue weighted by Crippen LogP contribution is 2.24. The zero-order chi connectivity index (χ0) is 17.5. The Kier molecular flexibility index (Phi) is 6.23. The van der Waals surface area contributed by atoms with E-state index in [1.807, 2.05) is 35.0 Å². The van der Waals surface area contributed by atoms with Crippen molar-refractivity contribution in [2.45, 2.75) is 13.0 Å². The predicted octanol–water partition coefficient (Wildman–Crippen LogP) is 4.99. The lowest BCUT2D eigenvalue weighted by Crippen LogP contribution is -2.17. The van der Waals surface area contributed by atoms with Gasteiger partial charge < -0.3 is 10.6 Å². The summed E-state index contributed by atoms with van der Waals surface area (Å²) < 4.78 is 0. The Hall–Kier alpha value is -2.14. The summed E-state index contributed by atoms with van der Waals surface area (Å²) in [6.45, 7) is 1.62. The third kappa shape index (κ3) is 5.16. The van der Waals surface area contributed by atoms with E-state index in [9.17, 15) is 4.79 Å². The molecule has 0 unspecified atom stereocenters. The van der Waals surface area contributed by atoms with Crippen molar-refractivity contribution in [3.8, 4) is 0 Å². The van der Waals surface area contributed by atoms with Crippen LogP contribution in [0.1, 0.15) is 21.5 Å². The first-order valence-corrected chi connectivity index (χ1v) is 9.41. The van der Waals surface area contributed by atoms with Gasteiger partial charge >= 0.3 is 0 Å². The van der Waals surface area contributed by atoms with Crippen LogP contribution in [-0.4, -0.2) is 12.5 Å². The molecule has 1 aromatic heterocycles. The summed E-state index contributed by atoms with van der Waals surface area (Å²) in [6, 6.07) is 17.9. The molecule has 0 spiro atoms. The van der Waals surface area contributed by atoms with Gasteiger partial charge in [0.05, 0.1) is 16.3 Å². The first kappa shape index (κ1) is 17.7. The molecule has 0 atom stereocenters. The maximum atomic E-state index is 12.2. The Morgan fingerprint density at radius 2 is 1.88 bits per heavy atom. The van der Waals surface area contributed by atoms with E-state index in [1.165, 1.54) is 16.9 Å². The number of rotatable bonds is 7. The summed E-state index contributed by atoms with van der Waals surface area (Å²) in [7, 11) is 0. The lowest BCUT2D eigenvalue weighted by molar-refractivity contribution is 0.102. The lowest BCUT2D eigenvalue weighted by Gasteiger charge is -2.10. The summed E-state index contributed by atoms with van der Waals surface area (Å²) >= 11 is 7.70. The van der Waals surface area contributed by atoms with Crippen LogP contribution in [0.2, 0.25) is 5.02 Å². The van der Waals surface area contributed by atoms with Gasteiger partial charge in [-0.1, -0.05) is 48.0 Å². The molecule has 2 aromatic carbocycles. The number of anilines is 1. The maximum Gasteiger partial charge on any atom is 0.256 e. The SMILES string of the molecule is O=C(Nc1cc(CNCCc2ccccc2)ccc1Cl)c1ccsc1. The second kappa shape index (κ2) is 8.81. The molecule has 1 heterocycles. The monoisotopic (exact) mass is 370 g/mol. The summed E-state index contributed by atoms with van der Waals surface area (Å²) in [5.74, 6) is -0.141. The van der Waals surface area contributed by atoms with Crippen LogP contribution < -0.4 is 10.6 Å². The van der Waals surface area contributed by atoms with Gasteiger partial charge in [-0.2, -0.15) is 11.3 Å². The topological polar surface area (TPSA) is 41.1 Å². The van der Waals surface area contributed by atoms with Crippen molar-refractivity contribution in [1.82, 2.24) is 5.32 Å². The number of benzene rings is 2. The van der Waals surface area contributed by atoms with E-state index < -0.39 is 0 Å². The van der Waals surface area contributed by atoms with Crippen molar-refractivity contribution in [3.05, 3.63) is 87.1 Å². The van der Waals surface area contributed by atoms with E-state index in [-0.39, 0.29) is 5.91 Å². The minimum atomic E-state index is -0.141. The summed E-state index contributed by atoms with van der Waals surface area (Å²) in [6.07, 6.45) is 0.982. The number of carbonyl (C=O) groups excluding carboxylic acids is 1. The highest BCUT2D eigenvalue weighted by atomic mass is 35.5. The molecule has 0 saturated heterocycles. The quantitative estimate of drug-likeness (QED) is 0.575. The molecule has 2 N–H and O–H groups in total. The van der Waals surface area contributed by atoms with Crippen LogP contribution in [0.25, 0.3) is 0 Å². The molecule has 0 aliphatic heterocycles. The standard InChI is InChI=1S/C20H19ClN2OS/c21-18-7-6-16(13-22-10-8-15-4-2-1-3-5-15)12-19(18)23-20(24)17-9-11-25-14-17/h1-7,9,11-12,14,22H,8,10,13H2,(H,23,24). The van der Waals surface area contributed by atoms with E-state index in [0.29, 0.717) is 16.3 Å². The second-order valence-electron chi connectivity index (χ2n) is 5.69. The van der Waals surface area contributed by atoms with Crippen LogP contribution in [0.5, 0.6) is 0 Å². The fourth-order valence-corrected chi connectivity index (χ4v) is 3.28. The van der Waals surface area contributed by atoms with Gasteiger partial charge in [0, 0.05) is 11.9 Å². The molecule has 128 valence electrons. The number of hydrogen-bond donors (Lipinski definition) is 2. The minimum Gasteiger partial charge on any atom is -0.321 e. The zero-order valence-corrected chi connectivity index (χ0v) is 15.2. The molecule has 3 aromatic rings. The van der Waals surface area contributed by atoms with Crippen molar-refractivity contribution >= 4 is 34.5 Å². The van der Waals surface area contributed by atoms with Gasteiger partial charge in [0.25, 0.3) is 5.91 Å². The fourth-order valence-electron chi connectivity index (χ4n) is 2.48. The first-order chi connectivity index (χ1) is 12.2. The molecule has 0 saturated carbocycles. The van der Waals surface area contributed by atoms with Crippen LogP contribution in [0.3, 0.4) is 0 Å². The predicted molar refractivity (Wildman–Crippen MR) is 106 cm³/mol. The van der Waals surface area contributed by atoms with Gasteiger partial charge in [0.2, 0.25) is 0 Å². The van der Waals surface area contributed by atoms with Crippen molar-refractivity contribution < 1.29 is 4.79 Å². The van der Waals surface area contributed by atoms with Crippen molar-refractivity contribution in [2.75, 3.05) is 11.9 Å². The minimum absolute atomic E-state index is 0.141. The highest BCUT2D eigenvalue weighted by Gasteiger charge is 2.09. The van der Waals surface area contributed by atoms with Gasteiger partial charge in [0.15, 0.2) is 0 Å². The fraction of sp³-hybridized carbons (Fsp3) is 0.150. The number of thiophene rings is 1. The second-order valence-corrected chi connectivity index (χ2v) is 6.88. The number of halogens is 1. The summed E-state index contributed by atoms with van der Waals surface area (Å²) in [5, 5.41) is 10.5. The Bertz CT molecular complexity index is 819. The molecule has 5 heteroatoms. The molecule has 0 aliphatic carbocycles. The molecule has 0 radical (unpaired) electrons. The van der Waals surface area contributed by atoms with Gasteiger partial charge in [-0.25, -0.2) is 0 Å². The average Bonchev–Trinajstić information content (AvgIpc) is 3.17. The number of nitrogens with one attached hydrogen (secondary N) is 2. The Balaban J connectivity index is 1.55. The van der Waals surface area contributed by atoms with Crippen LogP contribution >= 0.6 is 22.9 Å². The van der Waals surface area contributed by atoms with E-state index in [0.717, 1.165) is 25.1 Å². The molecule has 3 nitrogen and oxygen atoms in total. The molecular weight excluding hydrogens is 352 g/mol. The molecule has 1 amide bonds. The van der Waals surface area contributed by atoms with Crippen LogP contribution in [0.15, 0.2) is 65.4 Å². The molecule has 0 fully saturated rings. The van der Waals surface area contributed by atoms with E-state index >= 15 is 0 Å². The van der Waals surface area contributed by atoms with Crippen molar-refractivity contribution in [1.29, 1.82) is 0 Å². The molecular formula is C20H19ClN2OS. The highest BCUT2D eigenvalue weighted by molar-refractivity contribution is 7.08. The maximum absolute atomic E-state index is 12.2. The molecule has 3 rings (SSSR count). The summed E-state index contributed by atoms with van der Waals surface area (Å²) in [5.41, 5.74) is 3.68. The number of amides is 1.